The normalized spacial score (nSPS) is 8.25. The predicted molar refractivity (Wildman–Crippen MR) is 45.4 cm³/mol. The second-order valence-corrected chi connectivity index (χ2v) is 2.33. The van der Waals surface area contributed by atoms with Gasteiger partial charge in [-0.15, -0.1) is 0 Å². The van der Waals surface area contributed by atoms with E-state index in [9.17, 15) is 0 Å². The molecule has 1 rings (SSSR count). The van der Waals surface area contributed by atoms with Gasteiger partial charge in [-0.2, -0.15) is 5.26 Å². The van der Waals surface area contributed by atoms with E-state index in [0.717, 1.165) is 5.56 Å². The molecule has 58 valence electrons. The molecule has 0 fully saturated rings. The Bertz CT molecular complexity index is 368. The molecule has 0 unspecified atom stereocenters. The summed E-state index contributed by atoms with van der Waals surface area (Å²) in [6.45, 7) is 1.90. The molecule has 0 bridgehead atoms. The van der Waals surface area contributed by atoms with Crippen molar-refractivity contribution in [1.82, 2.24) is 0 Å². The number of nitrogens with zero attached hydrogens (tertiary/aromatic N) is 1. The number of hydrogen-bond donors (Lipinski definition) is 0. The predicted octanol–water partition coefficient (Wildman–Crippen LogP) is 1.84. The highest BCUT2D eigenvalue weighted by Crippen LogP contribution is 2.18. The lowest BCUT2D eigenvalue weighted by Gasteiger charge is -1.99. The first-order valence-corrected chi connectivity index (χ1v) is 3.41. The summed E-state index contributed by atoms with van der Waals surface area (Å²) in [6, 6.07) is 7.26. The van der Waals surface area contributed by atoms with E-state index in [1.54, 1.807) is 12.1 Å². The van der Waals surface area contributed by atoms with Crippen molar-refractivity contribution in [3.05, 3.63) is 29.3 Å². The molecule has 1 aromatic rings. The van der Waals surface area contributed by atoms with Crippen LogP contribution in [0, 0.1) is 30.8 Å². The van der Waals surface area contributed by atoms with Gasteiger partial charge in [0.15, 0.2) is 5.75 Å². The number of ether oxygens (including phenoxy) is 1. The van der Waals surface area contributed by atoms with Crippen molar-refractivity contribution >= 4 is 0 Å². The van der Waals surface area contributed by atoms with E-state index in [4.69, 9.17) is 16.4 Å². The Morgan fingerprint density at radius 2 is 2.25 bits per heavy atom. The Morgan fingerprint density at radius 1 is 1.50 bits per heavy atom. The van der Waals surface area contributed by atoms with Gasteiger partial charge in [-0.3, -0.25) is 0 Å². The molecule has 0 saturated carbocycles. The van der Waals surface area contributed by atoms with Crippen molar-refractivity contribution in [3.63, 3.8) is 0 Å². The molecule has 0 aliphatic rings. The maximum atomic E-state index is 8.67. The van der Waals surface area contributed by atoms with Crippen molar-refractivity contribution < 1.29 is 4.74 Å². The number of hydrogen-bond acceptors (Lipinski definition) is 2. The first-order valence-electron chi connectivity index (χ1n) is 3.41. The van der Waals surface area contributed by atoms with Crippen molar-refractivity contribution in [1.29, 1.82) is 5.26 Å². The Hall–Kier alpha value is -1.93. The molecule has 0 N–H and O–H groups in total. The summed E-state index contributed by atoms with van der Waals surface area (Å²) in [5.74, 6) is 0.436. The molecule has 0 saturated heterocycles. The van der Waals surface area contributed by atoms with Gasteiger partial charge in [0.25, 0.3) is 0 Å². The van der Waals surface area contributed by atoms with E-state index in [1.807, 2.05) is 25.2 Å². The van der Waals surface area contributed by atoms with Crippen LogP contribution in [0.3, 0.4) is 0 Å². The average molecular weight is 157 g/mol. The third-order valence-electron chi connectivity index (χ3n) is 1.42. The number of rotatable bonds is 1. The molecule has 0 amide bonds. The van der Waals surface area contributed by atoms with Crippen molar-refractivity contribution in [3.8, 4) is 24.3 Å². The van der Waals surface area contributed by atoms with Crippen molar-refractivity contribution in [2.24, 2.45) is 0 Å². The minimum Gasteiger partial charge on any atom is -0.406 e. The van der Waals surface area contributed by atoms with Crippen LogP contribution in [0.2, 0.25) is 0 Å². The Morgan fingerprint density at radius 3 is 2.83 bits per heavy atom. The van der Waals surface area contributed by atoms with Gasteiger partial charge in [0.2, 0.25) is 0 Å². The van der Waals surface area contributed by atoms with E-state index in [0.29, 0.717) is 11.3 Å². The minimum atomic E-state index is 0.436. The zero-order valence-corrected chi connectivity index (χ0v) is 6.66. The minimum absolute atomic E-state index is 0.436. The molecule has 0 heterocycles. The van der Waals surface area contributed by atoms with Crippen LogP contribution in [0.25, 0.3) is 0 Å². The first kappa shape index (κ1) is 8.17. The molecule has 1 aromatic carbocycles. The Kier molecular flexibility index (Phi) is 2.35. The van der Waals surface area contributed by atoms with Gasteiger partial charge in [0.05, 0.1) is 5.56 Å². The van der Waals surface area contributed by atoms with Gasteiger partial charge in [-0.1, -0.05) is 12.5 Å². The molecule has 0 aromatic heterocycles. The number of benzene rings is 1. The van der Waals surface area contributed by atoms with Crippen LogP contribution in [0.5, 0.6) is 5.75 Å². The van der Waals surface area contributed by atoms with Crippen LogP contribution >= 0.6 is 0 Å². The lowest BCUT2D eigenvalue weighted by atomic mass is 10.1. The molecule has 12 heavy (non-hydrogen) atoms. The van der Waals surface area contributed by atoms with Gasteiger partial charge in [-0.25, -0.2) is 0 Å². The fourth-order valence-electron chi connectivity index (χ4n) is 0.884. The summed E-state index contributed by atoms with van der Waals surface area (Å²) >= 11 is 0. The summed E-state index contributed by atoms with van der Waals surface area (Å²) in [5, 5.41) is 8.67. The number of aryl methyl sites for hydroxylation is 1. The molecule has 0 spiro atoms. The van der Waals surface area contributed by atoms with Crippen LogP contribution in [-0.2, 0) is 0 Å². The summed E-state index contributed by atoms with van der Waals surface area (Å²) in [6.07, 6.45) is 6.97. The van der Waals surface area contributed by atoms with Crippen molar-refractivity contribution in [2.75, 3.05) is 0 Å². The number of terminal acetylenes is 1. The fraction of sp³-hybridized carbons (Fsp3) is 0.100. The van der Waals surface area contributed by atoms with E-state index in [2.05, 4.69) is 0 Å². The molecular weight excluding hydrogens is 150 g/mol. The Labute approximate surface area is 71.4 Å². The summed E-state index contributed by atoms with van der Waals surface area (Å²) in [4.78, 5) is 0. The van der Waals surface area contributed by atoms with Crippen LogP contribution in [0.4, 0.5) is 0 Å². The van der Waals surface area contributed by atoms with E-state index < -0.39 is 0 Å². The fourth-order valence-corrected chi connectivity index (χ4v) is 0.884. The highest BCUT2D eigenvalue weighted by molar-refractivity contribution is 5.45. The number of nitriles is 1. The maximum absolute atomic E-state index is 8.67. The molecule has 0 aliphatic heterocycles. The molecule has 0 aliphatic carbocycles. The van der Waals surface area contributed by atoms with Crippen LogP contribution < -0.4 is 4.74 Å². The molecular formula is C10H7NO. The lowest BCUT2D eigenvalue weighted by molar-refractivity contribution is 0.519. The van der Waals surface area contributed by atoms with Crippen LogP contribution in [0.1, 0.15) is 11.1 Å². The lowest BCUT2D eigenvalue weighted by Crippen LogP contribution is -1.87. The zero-order chi connectivity index (χ0) is 8.97. The van der Waals surface area contributed by atoms with Gasteiger partial charge in [0, 0.05) is 0 Å². The summed E-state index contributed by atoms with van der Waals surface area (Å²) in [7, 11) is 0. The first-order chi connectivity index (χ1) is 5.77. The Balaban J connectivity index is 3.15. The van der Waals surface area contributed by atoms with Crippen molar-refractivity contribution in [2.45, 2.75) is 6.92 Å². The molecule has 2 nitrogen and oxygen atoms in total. The van der Waals surface area contributed by atoms with Crippen LogP contribution in [0.15, 0.2) is 18.2 Å². The summed E-state index contributed by atoms with van der Waals surface area (Å²) in [5.41, 5.74) is 1.48. The second-order valence-electron chi connectivity index (χ2n) is 2.33. The van der Waals surface area contributed by atoms with Gasteiger partial charge < -0.3 is 4.74 Å². The van der Waals surface area contributed by atoms with E-state index in [1.165, 1.54) is 0 Å². The zero-order valence-electron chi connectivity index (χ0n) is 6.66. The van der Waals surface area contributed by atoms with Gasteiger partial charge >= 0.3 is 0 Å². The van der Waals surface area contributed by atoms with Gasteiger partial charge in [0.1, 0.15) is 12.2 Å². The second kappa shape index (κ2) is 3.46. The van der Waals surface area contributed by atoms with E-state index in [-0.39, 0.29) is 0 Å². The highest BCUT2D eigenvalue weighted by atomic mass is 16.5. The average Bonchev–Trinajstić information content (AvgIpc) is 2.08. The molecule has 2 heteroatoms. The van der Waals surface area contributed by atoms with Crippen LogP contribution in [-0.4, -0.2) is 0 Å². The smallest absolute Gasteiger partial charge is 0.157 e. The third-order valence-corrected chi connectivity index (χ3v) is 1.42. The largest absolute Gasteiger partial charge is 0.406 e. The molecule has 0 atom stereocenters. The van der Waals surface area contributed by atoms with Gasteiger partial charge in [-0.05, 0) is 24.6 Å². The third kappa shape index (κ3) is 1.56. The van der Waals surface area contributed by atoms with E-state index >= 15 is 0 Å². The quantitative estimate of drug-likeness (QED) is 0.582. The summed E-state index contributed by atoms with van der Waals surface area (Å²) < 4.78 is 4.79. The highest BCUT2D eigenvalue weighted by Gasteiger charge is 2.01. The molecule has 0 radical (unpaired) electrons. The maximum Gasteiger partial charge on any atom is 0.157 e. The topological polar surface area (TPSA) is 33.0 Å². The standard InChI is InChI=1S/C10H7NO/c1-3-12-10-5-4-8(2)6-9(10)7-11/h1,4-6H,2H3. The SMILES string of the molecule is C#COc1ccc(C)cc1C#N. The monoisotopic (exact) mass is 157 g/mol.